The van der Waals surface area contributed by atoms with Crippen molar-refractivity contribution >= 4 is 0 Å². The lowest BCUT2D eigenvalue weighted by molar-refractivity contribution is 0.129. The van der Waals surface area contributed by atoms with Gasteiger partial charge in [-0.1, -0.05) is 19.0 Å². The van der Waals surface area contributed by atoms with Gasteiger partial charge in [0.1, 0.15) is 5.69 Å². The molecule has 2 unspecified atom stereocenters. The molecule has 1 N–H and O–H groups in total. The molecule has 6 heteroatoms. The van der Waals surface area contributed by atoms with Crippen LogP contribution in [0.4, 0.5) is 0 Å². The zero-order chi connectivity index (χ0) is 12.4. The van der Waals surface area contributed by atoms with Crippen LogP contribution in [0, 0.1) is 0 Å². The predicted octanol–water partition coefficient (Wildman–Crippen LogP) is 1.34. The lowest BCUT2D eigenvalue weighted by atomic mass is 10.0. The van der Waals surface area contributed by atoms with Crippen molar-refractivity contribution in [2.24, 2.45) is 7.05 Å². The number of aliphatic hydroxyl groups is 1. The SMILES string of the molecule is CCC(O)C(C)c1nc(-c2ccn(C)n2)no1. The third-order valence-corrected chi connectivity index (χ3v) is 2.77. The zero-order valence-electron chi connectivity index (χ0n) is 10.2. The minimum Gasteiger partial charge on any atom is -0.392 e. The van der Waals surface area contributed by atoms with Gasteiger partial charge in [0.2, 0.25) is 11.7 Å². The fourth-order valence-corrected chi connectivity index (χ4v) is 1.58. The molecule has 0 spiro atoms. The molecule has 6 nitrogen and oxygen atoms in total. The summed E-state index contributed by atoms with van der Waals surface area (Å²) in [5.41, 5.74) is 0.667. The highest BCUT2D eigenvalue weighted by Crippen LogP contribution is 2.22. The highest BCUT2D eigenvalue weighted by atomic mass is 16.5. The molecule has 0 saturated heterocycles. The Morgan fingerprint density at radius 2 is 2.29 bits per heavy atom. The van der Waals surface area contributed by atoms with Gasteiger partial charge in [0, 0.05) is 13.2 Å². The van der Waals surface area contributed by atoms with E-state index in [0.717, 1.165) is 0 Å². The first kappa shape index (κ1) is 11.8. The minimum absolute atomic E-state index is 0.162. The molecule has 2 rings (SSSR count). The summed E-state index contributed by atoms with van der Waals surface area (Å²) in [4.78, 5) is 4.25. The summed E-state index contributed by atoms with van der Waals surface area (Å²) in [5, 5.41) is 17.8. The standard InChI is InChI=1S/C11H16N4O2/c1-4-9(16)7(2)11-12-10(14-17-11)8-5-6-15(3)13-8/h5-7,9,16H,4H2,1-3H3. The van der Waals surface area contributed by atoms with Crippen LogP contribution >= 0.6 is 0 Å². The first-order chi connectivity index (χ1) is 8.11. The minimum atomic E-state index is -0.466. The number of rotatable bonds is 4. The molecule has 0 radical (unpaired) electrons. The van der Waals surface area contributed by atoms with E-state index >= 15 is 0 Å². The molecular weight excluding hydrogens is 220 g/mol. The van der Waals surface area contributed by atoms with Gasteiger partial charge in [0.15, 0.2) is 0 Å². The van der Waals surface area contributed by atoms with Crippen molar-refractivity contribution in [1.29, 1.82) is 0 Å². The molecule has 0 aliphatic carbocycles. The summed E-state index contributed by atoms with van der Waals surface area (Å²) in [6.45, 7) is 3.78. The Balaban J connectivity index is 2.21. The molecule has 0 amide bonds. The van der Waals surface area contributed by atoms with Crippen molar-refractivity contribution in [3.05, 3.63) is 18.2 Å². The summed E-state index contributed by atoms with van der Waals surface area (Å²) in [6.07, 6.45) is 2.00. The average Bonchev–Trinajstić information content (AvgIpc) is 2.95. The third-order valence-electron chi connectivity index (χ3n) is 2.77. The van der Waals surface area contributed by atoms with E-state index in [1.807, 2.05) is 33.2 Å². The van der Waals surface area contributed by atoms with Crippen molar-refractivity contribution in [3.63, 3.8) is 0 Å². The third kappa shape index (κ3) is 2.36. The first-order valence-corrected chi connectivity index (χ1v) is 5.63. The van der Waals surface area contributed by atoms with Crippen LogP contribution in [0.15, 0.2) is 16.8 Å². The smallest absolute Gasteiger partial charge is 0.232 e. The Morgan fingerprint density at radius 1 is 1.53 bits per heavy atom. The van der Waals surface area contributed by atoms with E-state index in [0.29, 0.717) is 23.8 Å². The average molecular weight is 236 g/mol. The normalized spacial score (nSPS) is 14.8. The fourth-order valence-electron chi connectivity index (χ4n) is 1.58. The largest absolute Gasteiger partial charge is 0.392 e. The second-order valence-electron chi connectivity index (χ2n) is 4.10. The van der Waals surface area contributed by atoms with Gasteiger partial charge in [-0.05, 0) is 12.5 Å². The first-order valence-electron chi connectivity index (χ1n) is 5.63. The van der Waals surface area contributed by atoms with Gasteiger partial charge < -0.3 is 9.63 Å². The highest BCUT2D eigenvalue weighted by molar-refractivity contribution is 5.46. The molecule has 0 bridgehead atoms. The van der Waals surface area contributed by atoms with Crippen LogP contribution in [0.1, 0.15) is 32.1 Å². The van der Waals surface area contributed by atoms with Gasteiger partial charge in [-0.3, -0.25) is 4.68 Å². The topological polar surface area (TPSA) is 77.0 Å². The van der Waals surface area contributed by atoms with Gasteiger partial charge >= 0.3 is 0 Å². The van der Waals surface area contributed by atoms with Crippen LogP contribution in [0.25, 0.3) is 11.5 Å². The molecule has 0 fully saturated rings. The number of aryl methyl sites for hydroxylation is 1. The van der Waals surface area contributed by atoms with E-state index in [1.54, 1.807) is 4.68 Å². The van der Waals surface area contributed by atoms with Gasteiger partial charge in [0.25, 0.3) is 0 Å². The number of hydrogen-bond acceptors (Lipinski definition) is 5. The van der Waals surface area contributed by atoms with Crippen molar-refractivity contribution in [1.82, 2.24) is 19.9 Å². The van der Waals surface area contributed by atoms with E-state index in [9.17, 15) is 5.11 Å². The Labute approximate surface area is 99.3 Å². The summed E-state index contributed by atoms with van der Waals surface area (Å²) in [5.74, 6) is 0.737. The Bertz CT molecular complexity index is 491. The van der Waals surface area contributed by atoms with Gasteiger partial charge in [0.05, 0.1) is 12.0 Å². The summed E-state index contributed by atoms with van der Waals surface area (Å²) >= 11 is 0. The van der Waals surface area contributed by atoms with Crippen LogP contribution < -0.4 is 0 Å². The second-order valence-corrected chi connectivity index (χ2v) is 4.10. The molecule has 0 aromatic carbocycles. The number of aromatic nitrogens is 4. The number of aliphatic hydroxyl groups excluding tert-OH is 1. The number of nitrogens with zero attached hydrogens (tertiary/aromatic N) is 4. The maximum absolute atomic E-state index is 9.72. The van der Waals surface area contributed by atoms with E-state index in [1.165, 1.54) is 0 Å². The van der Waals surface area contributed by atoms with Crippen LogP contribution in [0.3, 0.4) is 0 Å². The maximum atomic E-state index is 9.72. The fraction of sp³-hybridized carbons (Fsp3) is 0.545. The van der Waals surface area contributed by atoms with Crippen molar-refractivity contribution < 1.29 is 9.63 Å². The van der Waals surface area contributed by atoms with Crippen molar-refractivity contribution in [2.75, 3.05) is 0 Å². The molecule has 0 aliphatic rings. The Kier molecular flexibility index (Phi) is 3.23. The zero-order valence-corrected chi connectivity index (χ0v) is 10.2. The molecule has 2 aromatic rings. The molecule has 2 atom stereocenters. The second kappa shape index (κ2) is 4.67. The van der Waals surface area contributed by atoms with E-state index in [-0.39, 0.29) is 5.92 Å². The van der Waals surface area contributed by atoms with Crippen molar-refractivity contribution in [3.8, 4) is 11.5 Å². The molecule has 0 saturated carbocycles. The summed E-state index contributed by atoms with van der Waals surface area (Å²) in [6, 6.07) is 1.82. The summed E-state index contributed by atoms with van der Waals surface area (Å²) < 4.78 is 6.82. The van der Waals surface area contributed by atoms with E-state index in [2.05, 4.69) is 15.2 Å². The van der Waals surface area contributed by atoms with Crippen LogP contribution in [0.5, 0.6) is 0 Å². The van der Waals surface area contributed by atoms with Gasteiger partial charge in [-0.15, -0.1) is 0 Å². The predicted molar refractivity (Wildman–Crippen MR) is 61.2 cm³/mol. The molecule has 2 aromatic heterocycles. The Morgan fingerprint density at radius 3 is 2.88 bits per heavy atom. The van der Waals surface area contributed by atoms with Crippen LogP contribution in [-0.4, -0.2) is 31.1 Å². The molecular formula is C11H16N4O2. The molecule has 17 heavy (non-hydrogen) atoms. The lowest BCUT2D eigenvalue weighted by Gasteiger charge is -2.11. The van der Waals surface area contributed by atoms with Crippen molar-refractivity contribution in [2.45, 2.75) is 32.3 Å². The molecule has 2 heterocycles. The van der Waals surface area contributed by atoms with Gasteiger partial charge in [-0.2, -0.15) is 10.1 Å². The highest BCUT2D eigenvalue weighted by Gasteiger charge is 2.21. The maximum Gasteiger partial charge on any atom is 0.232 e. The van der Waals surface area contributed by atoms with Gasteiger partial charge in [-0.25, -0.2) is 0 Å². The van der Waals surface area contributed by atoms with E-state index in [4.69, 9.17) is 4.52 Å². The summed E-state index contributed by atoms with van der Waals surface area (Å²) in [7, 11) is 1.83. The van der Waals surface area contributed by atoms with E-state index < -0.39 is 6.10 Å². The van der Waals surface area contributed by atoms with Crippen LogP contribution in [0.2, 0.25) is 0 Å². The van der Waals surface area contributed by atoms with Crippen LogP contribution in [-0.2, 0) is 7.05 Å². The number of hydrogen-bond donors (Lipinski definition) is 1. The molecule has 92 valence electrons. The lowest BCUT2D eigenvalue weighted by Crippen LogP contribution is -2.14. The molecule has 0 aliphatic heterocycles. The quantitative estimate of drug-likeness (QED) is 0.866. The Hall–Kier alpha value is -1.69. The monoisotopic (exact) mass is 236 g/mol.